The summed E-state index contributed by atoms with van der Waals surface area (Å²) in [5, 5.41) is 5.99. The van der Waals surface area contributed by atoms with Gasteiger partial charge in [0.2, 0.25) is 11.8 Å². The van der Waals surface area contributed by atoms with Crippen LogP contribution in [0.3, 0.4) is 0 Å². The molecule has 1 heterocycles. The van der Waals surface area contributed by atoms with Crippen molar-refractivity contribution in [2.75, 3.05) is 31.3 Å². The molecule has 1 fully saturated rings. The molecule has 1 aromatic carbocycles. The van der Waals surface area contributed by atoms with Crippen molar-refractivity contribution in [3.05, 3.63) is 24.3 Å². The van der Waals surface area contributed by atoms with Gasteiger partial charge in [0.1, 0.15) is 0 Å². The number of amides is 2. The van der Waals surface area contributed by atoms with Crippen LogP contribution in [0.2, 0.25) is 0 Å². The Morgan fingerprint density at radius 2 is 2.14 bits per heavy atom. The number of benzene rings is 1. The quantitative estimate of drug-likeness (QED) is 0.663. The van der Waals surface area contributed by atoms with Gasteiger partial charge >= 0.3 is 0 Å². The van der Waals surface area contributed by atoms with Crippen LogP contribution in [-0.4, -0.2) is 43.9 Å². The van der Waals surface area contributed by atoms with Crippen molar-refractivity contribution in [2.45, 2.75) is 10.9 Å². The van der Waals surface area contributed by atoms with Gasteiger partial charge in [-0.05, 0) is 19.2 Å². The van der Waals surface area contributed by atoms with Crippen molar-refractivity contribution >= 4 is 29.3 Å². The standard InChI is InChI=1S/C14H19N3O3S/c1-16-11-7-20-6-9(11)14(19)17-10-4-2-3-5-12(10)21-8-13(15)18/h2-5,9,11,16H,6-8H2,1H3,(H2,15,18)(H,17,19). The molecule has 0 radical (unpaired) electrons. The third-order valence-corrected chi connectivity index (χ3v) is 4.40. The van der Waals surface area contributed by atoms with Gasteiger partial charge in [0.15, 0.2) is 0 Å². The molecule has 0 saturated carbocycles. The molecule has 2 amide bonds. The maximum absolute atomic E-state index is 12.3. The number of carbonyl (C=O) groups is 2. The molecule has 1 aromatic rings. The Morgan fingerprint density at radius 1 is 1.38 bits per heavy atom. The second-order valence-corrected chi connectivity index (χ2v) is 5.80. The van der Waals surface area contributed by atoms with Gasteiger partial charge in [-0.1, -0.05) is 12.1 Å². The van der Waals surface area contributed by atoms with Crippen LogP contribution in [0, 0.1) is 5.92 Å². The lowest BCUT2D eigenvalue weighted by molar-refractivity contribution is -0.120. The summed E-state index contributed by atoms with van der Waals surface area (Å²) in [5.74, 6) is -0.512. The molecular weight excluding hydrogens is 290 g/mol. The third kappa shape index (κ3) is 4.20. The second kappa shape index (κ2) is 7.44. The lowest BCUT2D eigenvalue weighted by Gasteiger charge is -2.17. The molecule has 0 aromatic heterocycles. The largest absolute Gasteiger partial charge is 0.379 e. The Balaban J connectivity index is 2.05. The highest BCUT2D eigenvalue weighted by atomic mass is 32.2. The summed E-state index contributed by atoms with van der Waals surface area (Å²) >= 11 is 1.31. The minimum atomic E-state index is -0.388. The SMILES string of the molecule is CNC1COCC1C(=O)Nc1ccccc1SCC(N)=O. The number of primary amides is 1. The maximum Gasteiger partial charge on any atom is 0.231 e. The van der Waals surface area contributed by atoms with E-state index in [1.54, 1.807) is 0 Å². The van der Waals surface area contributed by atoms with E-state index in [4.69, 9.17) is 10.5 Å². The molecule has 1 saturated heterocycles. The molecule has 1 aliphatic heterocycles. The number of nitrogens with one attached hydrogen (secondary N) is 2. The van der Waals surface area contributed by atoms with E-state index in [9.17, 15) is 9.59 Å². The third-order valence-electron chi connectivity index (χ3n) is 3.30. The fraction of sp³-hybridized carbons (Fsp3) is 0.429. The summed E-state index contributed by atoms with van der Waals surface area (Å²) < 4.78 is 5.34. The van der Waals surface area contributed by atoms with Crippen LogP contribution in [-0.2, 0) is 14.3 Å². The van der Waals surface area contributed by atoms with Crippen molar-refractivity contribution in [1.82, 2.24) is 5.32 Å². The number of anilines is 1. The maximum atomic E-state index is 12.3. The molecule has 114 valence electrons. The Labute approximate surface area is 127 Å². The Hall–Kier alpha value is -1.57. The number of likely N-dealkylation sites (N-methyl/N-ethyl adjacent to an activating group) is 1. The van der Waals surface area contributed by atoms with Gasteiger partial charge in [0.05, 0.1) is 30.6 Å². The number of carbonyl (C=O) groups excluding carboxylic acids is 2. The van der Waals surface area contributed by atoms with E-state index in [0.717, 1.165) is 4.90 Å². The molecule has 2 rings (SSSR count). The Bertz CT molecular complexity index is 524. The van der Waals surface area contributed by atoms with Gasteiger partial charge in [-0.15, -0.1) is 11.8 Å². The average molecular weight is 309 g/mol. The molecule has 21 heavy (non-hydrogen) atoms. The zero-order valence-electron chi connectivity index (χ0n) is 11.8. The van der Waals surface area contributed by atoms with Crippen LogP contribution in [0.4, 0.5) is 5.69 Å². The summed E-state index contributed by atoms with van der Waals surface area (Å²) in [6.07, 6.45) is 0. The molecule has 4 N–H and O–H groups in total. The predicted molar refractivity (Wildman–Crippen MR) is 82.1 cm³/mol. The average Bonchev–Trinajstić information content (AvgIpc) is 2.94. The van der Waals surface area contributed by atoms with Gasteiger partial charge in [-0.2, -0.15) is 0 Å². The first-order valence-corrected chi connectivity index (χ1v) is 7.66. The highest BCUT2D eigenvalue weighted by molar-refractivity contribution is 8.00. The van der Waals surface area contributed by atoms with Crippen molar-refractivity contribution in [3.63, 3.8) is 0 Å². The van der Waals surface area contributed by atoms with E-state index in [1.807, 2.05) is 31.3 Å². The summed E-state index contributed by atoms with van der Waals surface area (Å²) in [7, 11) is 1.82. The molecule has 0 aliphatic carbocycles. The summed E-state index contributed by atoms with van der Waals surface area (Å²) in [5.41, 5.74) is 5.85. The first-order valence-electron chi connectivity index (χ1n) is 6.68. The highest BCUT2D eigenvalue weighted by Gasteiger charge is 2.33. The van der Waals surface area contributed by atoms with E-state index in [0.29, 0.717) is 18.9 Å². The predicted octanol–water partition coefficient (Wildman–Crippen LogP) is 0.437. The molecule has 2 atom stereocenters. The van der Waals surface area contributed by atoms with E-state index in [1.165, 1.54) is 11.8 Å². The minimum absolute atomic E-state index is 0.0236. The highest BCUT2D eigenvalue weighted by Crippen LogP contribution is 2.27. The van der Waals surface area contributed by atoms with Crippen LogP contribution < -0.4 is 16.4 Å². The zero-order chi connectivity index (χ0) is 15.2. The van der Waals surface area contributed by atoms with Crippen molar-refractivity contribution in [2.24, 2.45) is 11.7 Å². The molecule has 6 nitrogen and oxygen atoms in total. The van der Waals surface area contributed by atoms with Crippen molar-refractivity contribution in [1.29, 1.82) is 0 Å². The van der Waals surface area contributed by atoms with E-state index < -0.39 is 0 Å². The zero-order valence-corrected chi connectivity index (χ0v) is 12.6. The molecule has 7 heteroatoms. The number of ether oxygens (including phenoxy) is 1. The summed E-state index contributed by atoms with van der Waals surface area (Å²) in [6.45, 7) is 0.945. The summed E-state index contributed by atoms with van der Waals surface area (Å²) in [6, 6.07) is 7.38. The van der Waals surface area contributed by atoms with Crippen LogP contribution in [0.25, 0.3) is 0 Å². The molecule has 1 aliphatic rings. The fourth-order valence-electron chi connectivity index (χ4n) is 2.17. The number of para-hydroxylation sites is 1. The molecule has 0 bridgehead atoms. The lowest BCUT2D eigenvalue weighted by atomic mass is 10.0. The number of hydrogen-bond acceptors (Lipinski definition) is 5. The fourth-order valence-corrected chi connectivity index (χ4v) is 2.91. The molecule has 2 unspecified atom stereocenters. The van der Waals surface area contributed by atoms with Gasteiger partial charge in [-0.3, -0.25) is 9.59 Å². The van der Waals surface area contributed by atoms with Gasteiger partial charge < -0.3 is 21.1 Å². The normalized spacial score (nSPS) is 21.2. The van der Waals surface area contributed by atoms with Crippen molar-refractivity contribution < 1.29 is 14.3 Å². The number of rotatable bonds is 6. The van der Waals surface area contributed by atoms with E-state index >= 15 is 0 Å². The lowest BCUT2D eigenvalue weighted by Crippen LogP contribution is -2.39. The van der Waals surface area contributed by atoms with Crippen LogP contribution in [0.15, 0.2) is 29.2 Å². The second-order valence-electron chi connectivity index (χ2n) is 4.78. The molecular formula is C14H19N3O3S. The first-order chi connectivity index (χ1) is 10.1. The Morgan fingerprint density at radius 3 is 2.86 bits per heavy atom. The monoisotopic (exact) mass is 309 g/mol. The number of thioether (sulfide) groups is 1. The Kier molecular flexibility index (Phi) is 5.60. The summed E-state index contributed by atoms with van der Waals surface area (Å²) in [4.78, 5) is 24.1. The van der Waals surface area contributed by atoms with Gasteiger partial charge in [0.25, 0.3) is 0 Å². The minimum Gasteiger partial charge on any atom is -0.379 e. The molecule has 0 spiro atoms. The van der Waals surface area contributed by atoms with Gasteiger partial charge in [0, 0.05) is 10.9 Å². The van der Waals surface area contributed by atoms with Crippen LogP contribution in [0.1, 0.15) is 0 Å². The topological polar surface area (TPSA) is 93.4 Å². The van der Waals surface area contributed by atoms with Crippen LogP contribution >= 0.6 is 11.8 Å². The van der Waals surface area contributed by atoms with Gasteiger partial charge in [-0.25, -0.2) is 0 Å². The van der Waals surface area contributed by atoms with E-state index in [-0.39, 0.29) is 29.5 Å². The van der Waals surface area contributed by atoms with Crippen molar-refractivity contribution in [3.8, 4) is 0 Å². The smallest absolute Gasteiger partial charge is 0.231 e. The van der Waals surface area contributed by atoms with E-state index in [2.05, 4.69) is 10.6 Å². The van der Waals surface area contributed by atoms with Crippen LogP contribution in [0.5, 0.6) is 0 Å². The first kappa shape index (κ1) is 15.8. The number of hydrogen-bond donors (Lipinski definition) is 3. The number of nitrogens with two attached hydrogens (primary N) is 1.